The normalized spacial score (nSPS) is 10.9. The van der Waals surface area contributed by atoms with E-state index < -0.39 is 0 Å². The summed E-state index contributed by atoms with van der Waals surface area (Å²) in [7, 11) is 0. The van der Waals surface area contributed by atoms with Crippen LogP contribution in [0.3, 0.4) is 0 Å². The highest BCUT2D eigenvalue weighted by Crippen LogP contribution is 2.27. The van der Waals surface area contributed by atoms with Gasteiger partial charge in [-0.2, -0.15) is 0 Å². The Kier molecular flexibility index (Phi) is 5.05. The van der Waals surface area contributed by atoms with Crippen LogP contribution in [0.5, 0.6) is 0 Å². The third-order valence-corrected chi connectivity index (χ3v) is 2.13. The van der Waals surface area contributed by atoms with Crippen molar-refractivity contribution in [2.45, 2.75) is 54.4 Å². The Bertz CT molecular complexity index is 174. The summed E-state index contributed by atoms with van der Waals surface area (Å²) in [4.78, 5) is 0. The summed E-state index contributed by atoms with van der Waals surface area (Å²) < 4.78 is 0. The van der Waals surface area contributed by atoms with E-state index >= 15 is 0 Å². The molecule has 0 heteroatoms. The van der Waals surface area contributed by atoms with Gasteiger partial charge >= 0.3 is 0 Å². The van der Waals surface area contributed by atoms with Crippen LogP contribution in [0.2, 0.25) is 0 Å². The molecule has 0 aromatic rings. The predicted molar refractivity (Wildman–Crippen MR) is 61.9 cm³/mol. The van der Waals surface area contributed by atoms with E-state index in [0.717, 1.165) is 0 Å². The van der Waals surface area contributed by atoms with Crippen LogP contribution in [0.1, 0.15) is 54.4 Å². The van der Waals surface area contributed by atoms with E-state index in [4.69, 9.17) is 0 Å². The van der Waals surface area contributed by atoms with Gasteiger partial charge in [0.2, 0.25) is 0 Å². The average molecular weight is 180 g/mol. The Hall–Kier alpha value is -0.520. The van der Waals surface area contributed by atoms with Crippen LogP contribution in [0.25, 0.3) is 0 Å². The van der Waals surface area contributed by atoms with Crippen LogP contribution in [0.4, 0.5) is 0 Å². The van der Waals surface area contributed by atoms with Crippen molar-refractivity contribution in [3.05, 3.63) is 23.3 Å². The summed E-state index contributed by atoms with van der Waals surface area (Å²) in [5.74, 6) is 0. The number of hydrogen-bond acceptors (Lipinski definition) is 0. The molecule has 0 aromatic heterocycles. The van der Waals surface area contributed by atoms with Gasteiger partial charge in [-0.05, 0) is 46.0 Å². The molecule has 76 valence electrons. The fraction of sp³-hybridized carbons (Fsp3) is 0.692. The Labute approximate surface area is 83.7 Å². The van der Waals surface area contributed by atoms with Crippen LogP contribution in [-0.2, 0) is 0 Å². The summed E-state index contributed by atoms with van der Waals surface area (Å²) in [6, 6.07) is 0. The molecule has 13 heavy (non-hydrogen) atoms. The summed E-state index contributed by atoms with van der Waals surface area (Å²) in [6.07, 6.45) is 7.02. The quantitative estimate of drug-likeness (QED) is 0.549. The molecule has 0 saturated carbocycles. The summed E-state index contributed by atoms with van der Waals surface area (Å²) in [5, 5.41) is 0. The molecule has 0 saturated heterocycles. The highest BCUT2D eigenvalue weighted by Gasteiger charge is 2.13. The summed E-state index contributed by atoms with van der Waals surface area (Å²) in [5.41, 5.74) is 3.25. The molecule has 0 fully saturated rings. The number of hydrogen-bond donors (Lipinski definition) is 0. The van der Waals surface area contributed by atoms with E-state index in [2.05, 4.69) is 53.7 Å². The largest absolute Gasteiger partial charge is 0.0853 e. The summed E-state index contributed by atoms with van der Waals surface area (Å²) in [6.45, 7) is 13.3. The van der Waals surface area contributed by atoms with Crippen LogP contribution in [0, 0.1) is 5.41 Å². The maximum atomic E-state index is 2.33. The SMILES string of the molecule is CC(C)=CCC(C)(C)CC=C(C)C. The van der Waals surface area contributed by atoms with Gasteiger partial charge in [-0.15, -0.1) is 0 Å². The van der Waals surface area contributed by atoms with Gasteiger partial charge in [-0.3, -0.25) is 0 Å². The maximum Gasteiger partial charge on any atom is -0.0285 e. The zero-order valence-corrected chi connectivity index (χ0v) is 10.1. The second-order valence-electron chi connectivity index (χ2n) is 5.14. The molecule has 0 rings (SSSR count). The molecule has 0 nitrogen and oxygen atoms in total. The Morgan fingerprint density at radius 1 is 0.846 bits per heavy atom. The summed E-state index contributed by atoms with van der Waals surface area (Å²) >= 11 is 0. The highest BCUT2D eigenvalue weighted by molar-refractivity contribution is 5.00. The van der Waals surface area contributed by atoms with Crippen molar-refractivity contribution in [2.75, 3.05) is 0 Å². The molecule has 0 bridgehead atoms. The van der Waals surface area contributed by atoms with Gasteiger partial charge in [0.15, 0.2) is 0 Å². The molecule has 0 amide bonds. The Balaban J connectivity index is 4.09. The first kappa shape index (κ1) is 12.5. The molecule has 0 aromatic carbocycles. The second kappa shape index (κ2) is 5.26. The molecule has 0 unspecified atom stereocenters. The zero-order chi connectivity index (χ0) is 10.5. The van der Waals surface area contributed by atoms with Gasteiger partial charge in [0, 0.05) is 0 Å². The van der Waals surface area contributed by atoms with Gasteiger partial charge in [0.25, 0.3) is 0 Å². The van der Waals surface area contributed by atoms with Crippen molar-refractivity contribution < 1.29 is 0 Å². The van der Waals surface area contributed by atoms with E-state index in [1.165, 1.54) is 24.0 Å². The van der Waals surface area contributed by atoms with Crippen molar-refractivity contribution in [2.24, 2.45) is 5.41 Å². The smallest absolute Gasteiger partial charge is 0.0285 e. The van der Waals surface area contributed by atoms with Crippen LogP contribution in [-0.4, -0.2) is 0 Å². The minimum absolute atomic E-state index is 0.411. The fourth-order valence-electron chi connectivity index (χ4n) is 1.04. The third kappa shape index (κ3) is 7.83. The molecular weight excluding hydrogens is 156 g/mol. The van der Waals surface area contributed by atoms with Crippen molar-refractivity contribution >= 4 is 0 Å². The first-order valence-electron chi connectivity index (χ1n) is 5.10. The lowest BCUT2D eigenvalue weighted by molar-refractivity contribution is 0.375. The topological polar surface area (TPSA) is 0 Å². The molecule has 0 atom stereocenters. The first-order valence-corrected chi connectivity index (χ1v) is 5.10. The third-order valence-electron chi connectivity index (χ3n) is 2.13. The van der Waals surface area contributed by atoms with Gasteiger partial charge < -0.3 is 0 Å². The lowest BCUT2D eigenvalue weighted by atomic mass is 9.84. The van der Waals surface area contributed by atoms with E-state index in [9.17, 15) is 0 Å². The molecule has 0 aliphatic carbocycles. The standard InChI is InChI=1S/C13H24/c1-11(2)7-9-13(5,6)10-8-12(3)4/h7-8H,9-10H2,1-6H3. The lowest BCUT2D eigenvalue weighted by Gasteiger charge is -2.21. The highest BCUT2D eigenvalue weighted by atomic mass is 14.2. The fourth-order valence-corrected chi connectivity index (χ4v) is 1.04. The van der Waals surface area contributed by atoms with Crippen molar-refractivity contribution in [1.82, 2.24) is 0 Å². The van der Waals surface area contributed by atoms with Crippen LogP contribution in [0.15, 0.2) is 23.3 Å². The number of allylic oxidation sites excluding steroid dienone is 4. The van der Waals surface area contributed by atoms with Gasteiger partial charge in [0.1, 0.15) is 0 Å². The second-order valence-corrected chi connectivity index (χ2v) is 5.14. The lowest BCUT2D eigenvalue weighted by Crippen LogP contribution is -2.08. The zero-order valence-electron chi connectivity index (χ0n) is 10.1. The van der Waals surface area contributed by atoms with E-state index in [-0.39, 0.29) is 0 Å². The molecule has 0 heterocycles. The van der Waals surface area contributed by atoms with E-state index in [1.807, 2.05) is 0 Å². The average Bonchev–Trinajstić information content (AvgIpc) is 1.98. The predicted octanol–water partition coefficient (Wildman–Crippen LogP) is 4.73. The van der Waals surface area contributed by atoms with Gasteiger partial charge in [0.05, 0.1) is 0 Å². The van der Waals surface area contributed by atoms with E-state index in [1.54, 1.807) is 0 Å². The Morgan fingerprint density at radius 2 is 1.15 bits per heavy atom. The monoisotopic (exact) mass is 180 g/mol. The number of rotatable bonds is 4. The van der Waals surface area contributed by atoms with Gasteiger partial charge in [-0.25, -0.2) is 0 Å². The molecule has 0 aliphatic rings. The molecule has 0 N–H and O–H groups in total. The van der Waals surface area contributed by atoms with Crippen LogP contribution >= 0.6 is 0 Å². The Morgan fingerprint density at radius 3 is 1.38 bits per heavy atom. The molecule has 0 aliphatic heterocycles. The molecule has 0 spiro atoms. The van der Waals surface area contributed by atoms with Crippen molar-refractivity contribution in [1.29, 1.82) is 0 Å². The first-order chi connectivity index (χ1) is 5.83. The van der Waals surface area contributed by atoms with Crippen molar-refractivity contribution in [3.63, 3.8) is 0 Å². The van der Waals surface area contributed by atoms with Crippen molar-refractivity contribution in [3.8, 4) is 0 Å². The maximum absolute atomic E-state index is 2.33. The molecule has 0 radical (unpaired) electrons. The minimum atomic E-state index is 0.411. The molecular formula is C13H24. The minimum Gasteiger partial charge on any atom is -0.0853 e. The van der Waals surface area contributed by atoms with E-state index in [0.29, 0.717) is 5.41 Å². The van der Waals surface area contributed by atoms with Crippen LogP contribution < -0.4 is 0 Å². The van der Waals surface area contributed by atoms with Gasteiger partial charge in [-0.1, -0.05) is 37.1 Å².